The quantitative estimate of drug-likeness (QED) is 0.257. The predicted octanol–water partition coefficient (Wildman–Crippen LogP) is 5.35. The minimum absolute atomic E-state index is 0.0739. The lowest BCUT2D eigenvalue weighted by molar-refractivity contribution is 0.0602. The predicted molar refractivity (Wildman–Crippen MR) is 159 cm³/mol. The maximum absolute atomic E-state index is 14.1. The van der Waals surface area contributed by atoms with Crippen molar-refractivity contribution in [2.75, 3.05) is 26.1 Å². The van der Waals surface area contributed by atoms with E-state index in [1.54, 1.807) is 35.2 Å². The Hall–Kier alpha value is -4.63. The number of aromatic nitrogens is 1. The summed E-state index contributed by atoms with van der Waals surface area (Å²) in [5.74, 6) is -0.886. The van der Waals surface area contributed by atoms with Crippen LogP contribution in [0.1, 0.15) is 37.4 Å². The molecule has 1 aliphatic heterocycles. The molecule has 4 aromatic carbocycles. The van der Waals surface area contributed by atoms with Gasteiger partial charge in [0.15, 0.2) is 0 Å². The number of hydrogen-bond acceptors (Lipinski definition) is 6. The Bertz CT molecular complexity index is 1960. The molecule has 0 saturated heterocycles. The molecule has 1 aliphatic rings. The summed E-state index contributed by atoms with van der Waals surface area (Å²) in [5, 5.41) is 1.03. The van der Waals surface area contributed by atoms with Crippen LogP contribution < -0.4 is 4.90 Å². The van der Waals surface area contributed by atoms with Gasteiger partial charge in [0.1, 0.15) is 0 Å². The van der Waals surface area contributed by atoms with Crippen molar-refractivity contribution in [2.24, 2.45) is 0 Å². The van der Waals surface area contributed by atoms with Gasteiger partial charge in [-0.25, -0.2) is 17.2 Å². The van der Waals surface area contributed by atoms with E-state index in [0.717, 1.165) is 16.8 Å². The molecule has 0 radical (unpaired) electrons. The van der Waals surface area contributed by atoms with Gasteiger partial charge in [-0.15, -0.1) is 0 Å². The van der Waals surface area contributed by atoms with Gasteiger partial charge in [-0.1, -0.05) is 42.0 Å². The SMILES string of the molecule is COC(=O)c1cc2c(c3c4cc(C)ccc4n(S(=O)(=O)c4ccccc4)c13)C(=O)N(Cc1ccc(N(C)C)cc1)C2. The summed E-state index contributed by atoms with van der Waals surface area (Å²) in [7, 11) is 1.05. The fourth-order valence-electron chi connectivity index (χ4n) is 5.61. The lowest BCUT2D eigenvalue weighted by Gasteiger charge is -2.17. The zero-order valence-corrected chi connectivity index (χ0v) is 24.0. The lowest BCUT2D eigenvalue weighted by Crippen LogP contribution is -2.23. The number of aryl methyl sites for hydroxylation is 1. The standard InChI is InChI=1S/C32H29N3O5S/c1-20-10-15-27-25(16-20)29-28-22(19-34(31(28)36)18-21-11-13-23(14-12-21)33(2)3)17-26(32(37)40-4)30(29)35(27)41(38,39)24-8-6-5-7-9-24/h5-17H,18-19H2,1-4H3. The highest BCUT2D eigenvalue weighted by Crippen LogP contribution is 2.42. The number of amides is 1. The van der Waals surface area contributed by atoms with Crippen molar-refractivity contribution < 1.29 is 22.7 Å². The third-order valence-electron chi connectivity index (χ3n) is 7.60. The van der Waals surface area contributed by atoms with Crippen LogP contribution in [0, 0.1) is 6.92 Å². The number of esters is 1. The number of rotatable bonds is 6. The molecule has 208 valence electrons. The van der Waals surface area contributed by atoms with Crippen LogP contribution in [0.3, 0.4) is 0 Å². The number of benzene rings is 4. The molecule has 0 spiro atoms. The van der Waals surface area contributed by atoms with Gasteiger partial charge in [0.05, 0.1) is 34.2 Å². The fourth-order valence-corrected chi connectivity index (χ4v) is 7.17. The smallest absolute Gasteiger partial charge is 0.340 e. The molecule has 0 fully saturated rings. The van der Waals surface area contributed by atoms with Crippen molar-refractivity contribution in [3.8, 4) is 0 Å². The van der Waals surface area contributed by atoms with Crippen molar-refractivity contribution in [2.45, 2.75) is 24.9 Å². The molecule has 1 aromatic heterocycles. The third-order valence-corrected chi connectivity index (χ3v) is 9.33. The normalized spacial score (nSPS) is 13.2. The second-order valence-corrected chi connectivity index (χ2v) is 12.3. The van der Waals surface area contributed by atoms with Crippen LogP contribution in [-0.2, 0) is 27.8 Å². The van der Waals surface area contributed by atoms with Gasteiger partial charge in [0, 0.05) is 43.6 Å². The van der Waals surface area contributed by atoms with E-state index >= 15 is 0 Å². The molecule has 2 heterocycles. The van der Waals surface area contributed by atoms with Gasteiger partial charge in [-0.3, -0.25) is 4.79 Å². The third kappa shape index (κ3) is 4.24. The van der Waals surface area contributed by atoms with Crippen LogP contribution in [0.5, 0.6) is 0 Å². The molecule has 5 aromatic rings. The summed E-state index contributed by atoms with van der Waals surface area (Å²) < 4.78 is 34.6. The average Bonchev–Trinajstić information content (AvgIpc) is 3.47. The first kappa shape index (κ1) is 26.6. The van der Waals surface area contributed by atoms with Crippen molar-refractivity contribution in [3.05, 3.63) is 107 Å². The van der Waals surface area contributed by atoms with Crippen LogP contribution in [0.2, 0.25) is 0 Å². The summed E-state index contributed by atoms with van der Waals surface area (Å²) >= 11 is 0. The number of hydrogen-bond donors (Lipinski definition) is 0. The molecule has 0 saturated carbocycles. The Morgan fingerprint density at radius 2 is 1.68 bits per heavy atom. The van der Waals surface area contributed by atoms with Crippen molar-refractivity contribution >= 4 is 49.4 Å². The molecule has 41 heavy (non-hydrogen) atoms. The van der Waals surface area contributed by atoms with Crippen LogP contribution in [-0.4, -0.2) is 50.4 Å². The molecule has 0 aliphatic carbocycles. The van der Waals surface area contributed by atoms with E-state index in [1.807, 2.05) is 62.3 Å². The molecule has 6 rings (SSSR count). The summed E-state index contributed by atoms with van der Waals surface area (Å²) in [6.07, 6.45) is 0. The molecular weight excluding hydrogens is 538 g/mol. The van der Waals surface area contributed by atoms with Crippen LogP contribution in [0.4, 0.5) is 5.69 Å². The largest absolute Gasteiger partial charge is 0.465 e. The van der Waals surface area contributed by atoms with Crippen LogP contribution in [0.15, 0.2) is 83.8 Å². The van der Waals surface area contributed by atoms with E-state index in [9.17, 15) is 18.0 Å². The second kappa shape index (κ2) is 9.78. The van der Waals surface area contributed by atoms with Crippen molar-refractivity contribution in [3.63, 3.8) is 0 Å². The average molecular weight is 568 g/mol. The van der Waals surface area contributed by atoms with Crippen molar-refractivity contribution in [1.82, 2.24) is 8.87 Å². The maximum Gasteiger partial charge on any atom is 0.340 e. The molecule has 0 N–H and O–H groups in total. The van der Waals surface area contributed by atoms with Gasteiger partial charge in [-0.2, -0.15) is 0 Å². The maximum atomic E-state index is 14.1. The minimum atomic E-state index is -4.15. The minimum Gasteiger partial charge on any atom is -0.465 e. The van der Waals surface area contributed by atoms with E-state index in [4.69, 9.17) is 4.74 Å². The summed E-state index contributed by atoms with van der Waals surface area (Å²) in [6, 6.07) is 23.1. The number of methoxy groups -OCH3 is 1. The Balaban J connectivity index is 1.61. The number of fused-ring (bicyclic) bond motifs is 5. The van der Waals surface area contributed by atoms with E-state index in [2.05, 4.69) is 0 Å². The molecule has 0 atom stereocenters. The Kier molecular flexibility index (Phi) is 6.34. The first-order chi connectivity index (χ1) is 19.6. The number of ether oxygens (including phenoxy) is 1. The Labute approximate surface area is 238 Å². The van der Waals surface area contributed by atoms with Gasteiger partial charge >= 0.3 is 5.97 Å². The van der Waals surface area contributed by atoms with Crippen LogP contribution in [0.25, 0.3) is 21.8 Å². The van der Waals surface area contributed by atoms with E-state index in [-0.39, 0.29) is 28.4 Å². The molecule has 0 bridgehead atoms. The topological polar surface area (TPSA) is 88.9 Å². The van der Waals surface area contributed by atoms with E-state index < -0.39 is 16.0 Å². The number of carbonyl (C=O) groups excluding carboxylic acids is 2. The second-order valence-electron chi connectivity index (χ2n) is 10.5. The summed E-state index contributed by atoms with van der Waals surface area (Å²) in [4.78, 5) is 31.0. The zero-order chi connectivity index (χ0) is 29.1. The Morgan fingerprint density at radius 3 is 2.34 bits per heavy atom. The highest BCUT2D eigenvalue weighted by atomic mass is 32.2. The number of carbonyl (C=O) groups is 2. The van der Waals surface area contributed by atoms with Gasteiger partial charge < -0.3 is 14.5 Å². The van der Waals surface area contributed by atoms with Crippen molar-refractivity contribution in [1.29, 1.82) is 0 Å². The van der Waals surface area contributed by atoms with Crippen LogP contribution >= 0.6 is 0 Å². The molecule has 9 heteroatoms. The van der Waals surface area contributed by atoms with E-state index in [1.165, 1.54) is 23.2 Å². The molecule has 8 nitrogen and oxygen atoms in total. The number of anilines is 1. The summed E-state index contributed by atoms with van der Waals surface area (Å²) in [6.45, 7) is 2.56. The molecular formula is C32H29N3O5S. The van der Waals surface area contributed by atoms with Gasteiger partial charge in [-0.05, 0) is 60.5 Å². The molecule has 0 unspecified atom stereocenters. The molecule has 1 amide bonds. The lowest BCUT2D eigenvalue weighted by atomic mass is 9.98. The number of nitrogens with zero attached hydrogens (tertiary/aromatic N) is 3. The van der Waals surface area contributed by atoms with Gasteiger partial charge in [0.2, 0.25) is 0 Å². The zero-order valence-electron chi connectivity index (χ0n) is 23.2. The fraction of sp³-hybridized carbons (Fsp3) is 0.188. The Morgan fingerprint density at radius 1 is 0.976 bits per heavy atom. The highest BCUT2D eigenvalue weighted by molar-refractivity contribution is 7.90. The van der Waals surface area contributed by atoms with Gasteiger partial charge in [0.25, 0.3) is 15.9 Å². The summed E-state index contributed by atoms with van der Waals surface area (Å²) in [5.41, 5.74) is 4.61. The first-order valence-corrected chi connectivity index (χ1v) is 14.6. The highest BCUT2D eigenvalue weighted by Gasteiger charge is 2.36. The monoisotopic (exact) mass is 567 g/mol. The first-order valence-electron chi connectivity index (χ1n) is 13.2. The van der Waals surface area contributed by atoms with E-state index in [0.29, 0.717) is 34.0 Å².